The average molecular weight is 277 g/mol. The molecule has 1 aromatic rings. The molecular formula is C15H20FN3O. The van der Waals surface area contributed by atoms with Crippen molar-refractivity contribution in [1.29, 1.82) is 0 Å². The van der Waals surface area contributed by atoms with Gasteiger partial charge in [-0.3, -0.25) is 4.99 Å². The van der Waals surface area contributed by atoms with E-state index >= 15 is 0 Å². The van der Waals surface area contributed by atoms with E-state index in [2.05, 4.69) is 22.2 Å². The van der Waals surface area contributed by atoms with Gasteiger partial charge in [-0.1, -0.05) is 24.3 Å². The Morgan fingerprint density at radius 2 is 2.25 bits per heavy atom. The summed E-state index contributed by atoms with van der Waals surface area (Å²) >= 11 is 0. The first kappa shape index (κ1) is 14.5. The summed E-state index contributed by atoms with van der Waals surface area (Å²) in [5.41, 5.74) is 0.269. The molecule has 1 unspecified atom stereocenters. The van der Waals surface area contributed by atoms with Crippen LogP contribution in [0, 0.1) is 5.82 Å². The first-order valence-corrected chi connectivity index (χ1v) is 6.79. The number of guanidine groups is 1. The summed E-state index contributed by atoms with van der Waals surface area (Å²) < 4.78 is 13.5. The van der Waals surface area contributed by atoms with Gasteiger partial charge in [0.25, 0.3) is 0 Å². The van der Waals surface area contributed by atoms with E-state index in [0.717, 1.165) is 12.8 Å². The standard InChI is InChI=1S/C15H20FN3O/c1-2-9-17-15(19-11-7-8-11)18-10-14(20)12-5-3-4-6-13(12)16/h2-6,11,14,20H,1,7-10H2,(H2,17,18,19). The lowest BCUT2D eigenvalue weighted by Crippen LogP contribution is -2.39. The van der Waals surface area contributed by atoms with Gasteiger partial charge in [-0.15, -0.1) is 6.58 Å². The minimum atomic E-state index is -0.947. The third-order valence-corrected chi connectivity index (χ3v) is 3.02. The summed E-state index contributed by atoms with van der Waals surface area (Å²) in [5.74, 6) is 0.216. The Labute approximate surface area is 118 Å². The van der Waals surface area contributed by atoms with Crippen LogP contribution in [0.1, 0.15) is 24.5 Å². The van der Waals surface area contributed by atoms with Gasteiger partial charge in [0.1, 0.15) is 11.9 Å². The van der Waals surface area contributed by atoms with Crippen molar-refractivity contribution < 1.29 is 9.50 Å². The van der Waals surface area contributed by atoms with Gasteiger partial charge in [0.15, 0.2) is 5.96 Å². The molecule has 1 aromatic carbocycles. The van der Waals surface area contributed by atoms with Crippen LogP contribution in [0.5, 0.6) is 0 Å². The number of aliphatic imine (C=N–C) groups is 1. The number of aliphatic hydroxyl groups is 1. The summed E-state index contributed by atoms with van der Waals surface area (Å²) in [6, 6.07) is 6.66. The fourth-order valence-electron chi connectivity index (χ4n) is 1.76. The van der Waals surface area contributed by atoms with Gasteiger partial charge >= 0.3 is 0 Å². The van der Waals surface area contributed by atoms with Crippen LogP contribution in [0.2, 0.25) is 0 Å². The van der Waals surface area contributed by atoms with Crippen LogP contribution in [-0.2, 0) is 0 Å². The summed E-state index contributed by atoms with van der Waals surface area (Å²) in [6.45, 7) is 4.34. The van der Waals surface area contributed by atoms with Gasteiger partial charge in [-0.25, -0.2) is 4.39 Å². The van der Waals surface area contributed by atoms with E-state index in [-0.39, 0.29) is 12.1 Å². The van der Waals surface area contributed by atoms with Crippen LogP contribution < -0.4 is 10.6 Å². The maximum Gasteiger partial charge on any atom is 0.191 e. The molecule has 0 radical (unpaired) electrons. The zero-order chi connectivity index (χ0) is 14.4. The number of halogens is 1. The fraction of sp³-hybridized carbons (Fsp3) is 0.400. The Morgan fingerprint density at radius 1 is 1.50 bits per heavy atom. The topological polar surface area (TPSA) is 56.7 Å². The largest absolute Gasteiger partial charge is 0.386 e. The molecule has 0 aliphatic heterocycles. The highest BCUT2D eigenvalue weighted by atomic mass is 19.1. The van der Waals surface area contributed by atoms with Crippen LogP contribution in [-0.4, -0.2) is 30.2 Å². The van der Waals surface area contributed by atoms with Gasteiger partial charge in [-0.2, -0.15) is 0 Å². The first-order chi connectivity index (χ1) is 9.70. The third-order valence-electron chi connectivity index (χ3n) is 3.02. The van der Waals surface area contributed by atoms with E-state index in [0.29, 0.717) is 18.5 Å². The monoisotopic (exact) mass is 277 g/mol. The Bertz CT molecular complexity index is 486. The van der Waals surface area contributed by atoms with E-state index in [4.69, 9.17) is 0 Å². The molecule has 108 valence electrons. The molecule has 1 fully saturated rings. The Hall–Kier alpha value is -1.88. The lowest BCUT2D eigenvalue weighted by molar-refractivity contribution is 0.182. The molecule has 0 bridgehead atoms. The van der Waals surface area contributed by atoms with Gasteiger partial charge in [0.2, 0.25) is 0 Å². The van der Waals surface area contributed by atoms with E-state index < -0.39 is 11.9 Å². The number of nitrogens with zero attached hydrogens (tertiary/aromatic N) is 1. The Balaban J connectivity index is 1.96. The highest BCUT2D eigenvalue weighted by molar-refractivity contribution is 5.80. The second-order valence-corrected chi connectivity index (χ2v) is 4.81. The predicted octanol–water partition coefficient (Wildman–Crippen LogP) is 1.74. The summed E-state index contributed by atoms with van der Waals surface area (Å²) in [5, 5.41) is 16.3. The summed E-state index contributed by atoms with van der Waals surface area (Å²) in [4.78, 5) is 4.29. The van der Waals surface area contributed by atoms with Gasteiger partial charge in [0.05, 0.1) is 6.54 Å². The van der Waals surface area contributed by atoms with Crippen molar-refractivity contribution in [3.05, 3.63) is 48.3 Å². The van der Waals surface area contributed by atoms with Crippen molar-refractivity contribution in [2.45, 2.75) is 25.0 Å². The van der Waals surface area contributed by atoms with Crippen LogP contribution in [0.4, 0.5) is 4.39 Å². The molecule has 1 aliphatic carbocycles. The van der Waals surface area contributed by atoms with Crippen LogP contribution in [0.3, 0.4) is 0 Å². The molecule has 3 N–H and O–H groups in total. The molecule has 1 saturated carbocycles. The number of benzene rings is 1. The molecule has 1 aliphatic rings. The normalized spacial score (nSPS) is 16.6. The molecule has 0 spiro atoms. The molecule has 20 heavy (non-hydrogen) atoms. The first-order valence-electron chi connectivity index (χ1n) is 6.79. The molecule has 0 aromatic heterocycles. The number of aliphatic hydroxyl groups excluding tert-OH is 1. The van der Waals surface area contributed by atoms with Crippen LogP contribution in [0.15, 0.2) is 41.9 Å². The molecule has 2 rings (SSSR count). The van der Waals surface area contributed by atoms with E-state index in [9.17, 15) is 9.50 Å². The van der Waals surface area contributed by atoms with Crippen molar-refractivity contribution in [2.24, 2.45) is 4.99 Å². The highest BCUT2D eigenvalue weighted by Crippen LogP contribution is 2.19. The molecule has 0 heterocycles. The van der Waals surface area contributed by atoms with Crippen molar-refractivity contribution >= 4 is 5.96 Å². The van der Waals surface area contributed by atoms with Gasteiger partial charge < -0.3 is 15.7 Å². The van der Waals surface area contributed by atoms with Gasteiger partial charge in [-0.05, 0) is 18.9 Å². The van der Waals surface area contributed by atoms with E-state index in [1.54, 1.807) is 24.3 Å². The highest BCUT2D eigenvalue weighted by Gasteiger charge is 2.22. The van der Waals surface area contributed by atoms with Crippen molar-refractivity contribution in [3.8, 4) is 0 Å². The van der Waals surface area contributed by atoms with Crippen LogP contribution >= 0.6 is 0 Å². The zero-order valence-electron chi connectivity index (χ0n) is 11.3. The second-order valence-electron chi connectivity index (χ2n) is 4.81. The van der Waals surface area contributed by atoms with Crippen molar-refractivity contribution in [2.75, 3.05) is 13.1 Å². The fourth-order valence-corrected chi connectivity index (χ4v) is 1.76. The minimum absolute atomic E-state index is 0.111. The minimum Gasteiger partial charge on any atom is -0.386 e. The molecular weight excluding hydrogens is 257 g/mol. The van der Waals surface area contributed by atoms with Gasteiger partial charge in [0, 0.05) is 18.2 Å². The predicted molar refractivity (Wildman–Crippen MR) is 78.0 cm³/mol. The smallest absolute Gasteiger partial charge is 0.191 e. The Morgan fingerprint density at radius 3 is 2.90 bits per heavy atom. The molecule has 0 saturated heterocycles. The SMILES string of the molecule is C=CCNC(=NCC(O)c1ccccc1F)NC1CC1. The second kappa shape index (κ2) is 7.05. The molecule has 0 amide bonds. The third kappa shape index (κ3) is 4.35. The van der Waals surface area contributed by atoms with Crippen LogP contribution in [0.25, 0.3) is 0 Å². The number of hydrogen-bond acceptors (Lipinski definition) is 2. The number of hydrogen-bond donors (Lipinski definition) is 3. The van der Waals surface area contributed by atoms with Crippen molar-refractivity contribution in [3.63, 3.8) is 0 Å². The lowest BCUT2D eigenvalue weighted by Gasteiger charge is -2.13. The quantitative estimate of drug-likeness (QED) is 0.422. The van der Waals surface area contributed by atoms with Crippen molar-refractivity contribution in [1.82, 2.24) is 10.6 Å². The molecule has 5 heteroatoms. The zero-order valence-corrected chi connectivity index (χ0v) is 11.3. The number of rotatable bonds is 6. The molecule has 4 nitrogen and oxygen atoms in total. The average Bonchev–Trinajstić information content (AvgIpc) is 3.26. The number of nitrogens with one attached hydrogen (secondary N) is 2. The molecule has 1 atom stereocenters. The lowest BCUT2D eigenvalue weighted by atomic mass is 10.1. The van der Waals surface area contributed by atoms with E-state index in [1.807, 2.05) is 0 Å². The summed E-state index contributed by atoms with van der Waals surface area (Å²) in [6.07, 6.45) is 3.05. The van der Waals surface area contributed by atoms with E-state index in [1.165, 1.54) is 6.07 Å². The maximum atomic E-state index is 13.5. The Kier molecular flexibility index (Phi) is 5.12. The maximum absolute atomic E-state index is 13.5. The summed E-state index contributed by atoms with van der Waals surface area (Å²) in [7, 11) is 0.